The molecule has 0 saturated heterocycles. The highest BCUT2D eigenvalue weighted by Crippen LogP contribution is 2.12. The van der Waals surface area contributed by atoms with Gasteiger partial charge in [0.05, 0.1) is 34.2 Å². The highest BCUT2D eigenvalue weighted by atomic mass is 16.6. The lowest BCUT2D eigenvalue weighted by Gasteiger charge is -2.28. The van der Waals surface area contributed by atoms with Crippen LogP contribution in [-0.2, 0) is 19.1 Å². The van der Waals surface area contributed by atoms with Gasteiger partial charge in [0, 0.05) is 6.42 Å². The van der Waals surface area contributed by atoms with Crippen molar-refractivity contribution in [3.05, 3.63) is 0 Å². The Bertz CT molecular complexity index is 431. The minimum atomic E-state index is -0.417. The molecule has 0 amide bonds. The number of carbonyl (C=O) groups excluding carboxylic acids is 2. The van der Waals surface area contributed by atoms with Gasteiger partial charge in [0.15, 0.2) is 6.10 Å². The number of hydrogen-bond acceptors (Lipinski definition) is 4. The molecule has 0 aliphatic carbocycles. The van der Waals surface area contributed by atoms with Crippen LogP contribution in [0.1, 0.15) is 110 Å². The molecule has 0 aromatic heterocycles. The summed E-state index contributed by atoms with van der Waals surface area (Å²) in [6.07, 6.45) is 15.9. The molecule has 178 valence electrons. The highest BCUT2D eigenvalue weighted by Gasteiger charge is 2.25. The average molecular weight is 429 g/mol. The Kier molecular flexibility index (Phi) is 18.0. The molecule has 30 heavy (non-hydrogen) atoms. The van der Waals surface area contributed by atoms with Crippen LogP contribution in [0.4, 0.5) is 0 Å². The van der Waals surface area contributed by atoms with E-state index in [1.165, 1.54) is 57.8 Å². The lowest BCUT2D eigenvalue weighted by Crippen LogP contribution is -2.44. The molecule has 0 aromatic carbocycles. The van der Waals surface area contributed by atoms with Gasteiger partial charge in [-0.3, -0.25) is 9.59 Å². The third-order valence-corrected chi connectivity index (χ3v) is 5.19. The number of nitrogens with zero attached hydrogens (tertiary/aromatic N) is 1. The lowest BCUT2D eigenvalue weighted by molar-refractivity contribution is -0.873. The summed E-state index contributed by atoms with van der Waals surface area (Å²) in [5, 5.41) is 0. The number of carbonyl (C=O) groups is 2. The topological polar surface area (TPSA) is 52.6 Å². The molecule has 0 bridgehead atoms. The van der Waals surface area contributed by atoms with Crippen LogP contribution in [0.15, 0.2) is 0 Å². The van der Waals surface area contributed by atoms with Gasteiger partial charge in [0.1, 0.15) is 6.54 Å². The Morgan fingerprint density at radius 3 is 1.70 bits per heavy atom. The maximum absolute atomic E-state index is 12.2. The van der Waals surface area contributed by atoms with Gasteiger partial charge in [-0.05, 0) is 12.8 Å². The molecule has 0 unspecified atom stereocenters. The minimum absolute atomic E-state index is 0.144. The van der Waals surface area contributed by atoms with Gasteiger partial charge in [-0.25, -0.2) is 0 Å². The van der Waals surface area contributed by atoms with Crippen LogP contribution >= 0.6 is 0 Å². The van der Waals surface area contributed by atoms with Crippen molar-refractivity contribution < 1.29 is 23.5 Å². The van der Waals surface area contributed by atoms with Crippen LogP contribution in [-0.4, -0.2) is 56.8 Å². The number of likely N-dealkylation sites (N-methyl/N-ethyl adjacent to an activating group) is 1. The first-order chi connectivity index (χ1) is 14.3. The van der Waals surface area contributed by atoms with E-state index in [1.54, 1.807) is 0 Å². The van der Waals surface area contributed by atoms with Crippen LogP contribution in [0.5, 0.6) is 0 Å². The first-order valence-corrected chi connectivity index (χ1v) is 12.4. The van der Waals surface area contributed by atoms with Crippen LogP contribution in [0, 0.1) is 0 Å². The third kappa shape index (κ3) is 20.2. The van der Waals surface area contributed by atoms with E-state index < -0.39 is 6.10 Å². The first kappa shape index (κ1) is 28.9. The molecular formula is C25H50NO4+. The zero-order valence-electron chi connectivity index (χ0n) is 20.7. The quantitative estimate of drug-likeness (QED) is 0.135. The van der Waals surface area contributed by atoms with E-state index >= 15 is 0 Å². The predicted octanol–water partition coefficient (Wildman–Crippen LogP) is 6.04. The molecule has 0 aromatic rings. The van der Waals surface area contributed by atoms with Crippen molar-refractivity contribution in [2.45, 2.75) is 116 Å². The van der Waals surface area contributed by atoms with E-state index in [4.69, 9.17) is 9.47 Å². The molecule has 0 aliphatic rings. The third-order valence-electron chi connectivity index (χ3n) is 5.19. The van der Waals surface area contributed by atoms with E-state index in [1.807, 2.05) is 28.1 Å². The minimum Gasteiger partial charge on any atom is -0.466 e. The lowest BCUT2D eigenvalue weighted by atomic mass is 10.1. The van der Waals surface area contributed by atoms with E-state index in [0.717, 1.165) is 25.7 Å². The number of ether oxygens (including phenoxy) is 2. The Morgan fingerprint density at radius 2 is 1.20 bits per heavy atom. The standard InChI is InChI=1S/C25H50NO4/c1-6-8-10-11-12-13-14-15-16-17-18-20-29-25(28)21-23(22-26(3,4)5)30-24(27)19-9-7-2/h23H,6-22H2,1-5H3/q+1/t23-/m1/s1. The molecular weight excluding hydrogens is 378 g/mol. The van der Waals surface area contributed by atoms with Gasteiger partial charge in [-0.15, -0.1) is 0 Å². The maximum atomic E-state index is 12.2. The summed E-state index contributed by atoms with van der Waals surface area (Å²) < 4.78 is 11.6. The largest absolute Gasteiger partial charge is 0.466 e. The van der Waals surface area contributed by atoms with Crippen molar-refractivity contribution in [1.82, 2.24) is 0 Å². The summed E-state index contributed by atoms with van der Waals surface area (Å²) in [5.74, 6) is -0.475. The summed E-state index contributed by atoms with van der Waals surface area (Å²) in [5.41, 5.74) is 0. The van der Waals surface area contributed by atoms with Crippen LogP contribution < -0.4 is 0 Å². The van der Waals surface area contributed by atoms with Crippen LogP contribution in [0.3, 0.4) is 0 Å². The van der Waals surface area contributed by atoms with Crippen molar-refractivity contribution in [3.63, 3.8) is 0 Å². The van der Waals surface area contributed by atoms with Crippen molar-refractivity contribution in [2.75, 3.05) is 34.3 Å². The number of unbranched alkanes of at least 4 members (excludes halogenated alkanes) is 11. The summed E-state index contributed by atoms with van der Waals surface area (Å²) in [6, 6.07) is 0. The van der Waals surface area contributed by atoms with E-state index in [0.29, 0.717) is 24.1 Å². The zero-order chi connectivity index (χ0) is 22.7. The number of quaternary nitrogens is 1. The summed E-state index contributed by atoms with van der Waals surface area (Å²) in [6.45, 7) is 5.37. The van der Waals surface area contributed by atoms with E-state index in [2.05, 4.69) is 6.92 Å². The Hall–Kier alpha value is -1.10. The highest BCUT2D eigenvalue weighted by molar-refractivity contribution is 5.72. The molecule has 0 heterocycles. The number of hydrogen-bond donors (Lipinski definition) is 0. The van der Waals surface area contributed by atoms with Gasteiger partial charge in [-0.2, -0.15) is 0 Å². The van der Waals surface area contributed by atoms with Gasteiger partial charge in [-0.1, -0.05) is 84.5 Å². The molecule has 5 nitrogen and oxygen atoms in total. The predicted molar refractivity (Wildman–Crippen MR) is 124 cm³/mol. The van der Waals surface area contributed by atoms with Crippen molar-refractivity contribution in [2.24, 2.45) is 0 Å². The molecule has 0 spiro atoms. The molecule has 1 atom stereocenters. The van der Waals surface area contributed by atoms with Gasteiger partial charge in [0.25, 0.3) is 0 Å². The van der Waals surface area contributed by atoms with E-state index in [9.17, 15) is 9.59 Å². The normalized spacial score (nSPS) is 12.6. The fourth-order valence-corrected chi connectivity index (χ4v) is 3.52. The molecule has 0 rings (SSSR count). The molecule has 0 saturated carbocycles. The number of rotatable bonds is 20. The fourth-order valence-electron chi connectivity index (χ4n) is 3.52. The Morgan fingerprint density at radius 1 is 0.700 bits per heavy atom. The maximum Gasteiger partial charge on any atom is 0.309 e. The number of esters is 2. The van der Waals surface area contributed by atoms with Gasteiger partial charge >= 0.3 is 11.9 Å². The Labute approximate surface area is 186 Å². The van der Waals surface area contributed by atoms with Gasteiger partial charge < -0.3 is 14.0 Å². The summed E-state index contributed by atoms with van der Waals surface area (Å²) in [7, 11) is 6.09. The molecule has 0 aliphatic heterocycles. The zero-order valence-corrected chi connectivity index (χ0v) is 20.7. The fraction of sp³-hybridized carbons (Fsp3) is 0.920. The second-order valence-electron chi connectivity index (χ2n) is 9.65. The van der Waals surface area contributed by atoms with Crippen molar-refractivity contribution in [1.29, 1.82) is 0 Å². The van der Waals surface area contributed by atoms with Crippen molar-refractivity contribution in [3.8, 4) is 0 Å². The monoisotopic (exact) mass is 428 g/mol. The first-order valence-electron chi connectivity index (χ1n) is 12.4. The summed E-state index contributed by atoms with van der Waals surface area (Å²) >= 11 is 0. The summed E-state index contributed by atoms with van der Waals surface area (Å²) in [4.78, 5) is 24.2. The molecule has 5 heteroatoms. The average Bonchev–Trinajstić information content (AvgIpc) is 2.65. The second kappa shape index (κ2) is 18.7. The van der Waals surface area contributed by atoms with E-state index in [-0.39, 0.29) is 18.4 Å². The second-order valence-corrected chi connectivity index (χ2v) is 9.65. The van der Waals surface area contributed by atoms with Crippen LogP contribution in [0.25, 0.3) is 0 Å². The SMILES string of the molecule is CCCCCCCCCCCCCOC(=O)C[C@H](C[N+](C)(C)C)OC(=O)CCCC. The molecule has 0 radical (unpaired) electrons. The molecule has 0 fully saturated rings. The van der Waals surface area contributed by atoms with Crippen LogP contribution in [0.2, 0.25) is 0 Å². The smallest absolute Gasteiger partial charge is 0.309 e. The van der Waals surface area contributed by atoms with Gasteiger partial charge in [0.2, 0.25) is 0 Å². The molecule has 0 N–H and O–H groups in total. The van der Waals surface area contributed by atoms with Crippen molar-refractivity contribution >= 4 is 11.9 Å². The Balaban J connectivity index is 3.88.